The van der Waals surface area contributed by atoms with E-state index in [9.17, 15) is 0 Å². The zero-order chi connectivity index (χ0) is 22.1. The van der Waals surface area contributed by atoms with Gasteiger partial charge in [0.2, 0.25) is 0 Å². The van der Waals surface area contributed by atoms with Gasteiger partial charge >= 0.3 is 0 Å². The molecular formula is C22H36IN7O2. The van der Waals surface area contributed by atoms with Gasteiger partial charge in [-0.05, 0) is 38.9 Å². The average molecular weight is 557 g/mol. The van der Waals surface area contributed by atoms with Crippen LogP contribution in [-0.2, 0) is 18.3 Å². The molecule has 0 radical (unpaired) electrons. The Hall–Kier alpha value is -1.92. The van der Waals surface area contributed by atoms with Crippen LogP contribution in [0.3, 0.4) is 0 Å². The van der Waals surface area contributed by atoms with Gasteiger partial charge < -0.3 is 24.7 Å². The average Bonchev–Trinajstić information content (AvgIpc) is 3.43. The third-order valence-electron chi connectivity index (χ3n) is 5.70. The van der Waals surface area contributed by atoms with E-state index in [4.69, 9.17) is 14.5 Å². The van der Waals surface area contributed by atoms with Crippen LogP contribution in [-0.4, -0.2) is 72.6 Å². The minimum absolute atomic E-state index is 0. The summed E-state index contributed by atoms with van der Waals surface area (Å²) in [4.78, 5) is 7.26. The van der Waals surface area contributed by atoms with Crippen LogP contribution in [0.5, 0.6) is 5.75 Å². The second-order valence-corrected chi connectivity index (χ2v) is 7.69. The van der Waals surface area contributed by atoms with E-state index >= 15 is 0 Å². The molecule has 0 bridgehead atoms. The monoisotopic (exact) mass is 557 g/mol. The number of halogens is 1. The van der Waals surface area contributed by atoms with E-state index in [2.05, 4.69) is 37.9 Å². The molecule has 2 N–H and O–H groups in total. The second-order valence-electron chi connectivity index (χ2n) is 7.69. The molecule has 1 aromatic heterocycles. The van der Waals surface area contributed by atoms with Gasteiger partial charge in [-0.3, -0.25) is 4.90 Å². The molecule has 2 aromatic rings. The first-order chi connectivity index (χ1) is 15.1. The standard InChI is InChI=1S/C22H35N7O2.HI/c1-17-26-27-21(28(17)2)16-25-22(23-11-14-30-3)24-15-19(29-12-7-8-13-29)18-9-5-6-10-20(18)31-4;/h5-6,9-10,19H,7-8,11-16H2,1-4H3,(H2,23,24,25);1H. The first-order valence-electron chi connectivity index (χ1n) is 10.9. The van der Waals surface area contributed by atoms with Crippen molar-refractivity contribution >= 4 is 29.9 Å². The van der Waals surface area contributed by atoms with Crippen LogP contribution in [0.25, 0.3) is 0 Å². The van der Waals surface area contributed by atoms with Crippen LogP contribution < -0.4 is 15.4 Å². The highest BCUT2D eigenvalue weighted by Gasteiger charge is 2.26. The molecule has 0 aliphatic carbocycles. The maximum absolute atomic E-state index is 5.66. The van der Waals surface area contributed by atoms with E-state index in [-0.39, 0.29) is 30.0 Å². The molecular weight excluding hydrogens is 521 g/mol. The van der Waals surface area contributed by atoms with Gasteiger partial charge in [0.1, 0.15) is 18.1 Å². The van der Waals surface area contributed by atoms with E-state index in [1.807, 2.05) is 30.7 Å². The number of para-hydroxylation sites is 1. The fourth-order valence-corrected chi connectivity index (χ4v) is 3.81. The summed E-state index contributed by atoms with van der Waals surface area (Å²) in [5, 5.41) is 15.2. The van der Waals surface area contributed by atoms with E-state index in [0.717, 1.165) is 43.0 Å². The van der Waals surface area contributed by atoms with Gasteiger partial charge in [0.05, 0.1) is 19.8 Å². The van der Waals surface area contributed by atoms with Crippen LogP contribution in [0.1, 0.15) is 36.1 Å². The van der Waals surface area contributed by atoms with Crippen LogP contribution >= 0.6 is 24.0 Å². The van der Waals surface area contributed by atoms with Crippen LogP contribution in [0.15, 0.2) is 29.3 Å². The van der Waals surface area contributed by atoms with Crippen molar-refractivity contribution in [2.45, 2.75) is 32.4 Å². The third-order valence-corrected chi connectivity index (χ3v) is 5.70. The minimum Gasteiger partial charge on any atom is -0.496 e. The van der Waals surface area contributed by atoms with Crippen molar-refractivity contribution < 1.29 is 9.47 Å². The molecule has 9 nitrogen and oxygen atoms in total. The van der Waals surface area contributed by atoms with Gasteiger partial charge in [0.15, 0.2) is 11.8 Å². The van der Waals surface area contributed by atoms with Gasteiger partial charge in [-0.25, -0.2) is 4.99 Å². The van der Waals surface area contributed by atoms with Crippen molar-refractivity contribution in [1.82, 2.24) is 30.3 Å². The fraction of sp³-hybridized carbons (Fsp3) is 0.591. The van der Waals surface area contributed by atoms with E-state index in [1.165, 1.54) is 18.4 Å². The number of methoxy groups -OCH3 is 2. The molecule has 1 aromatic carbocycles. The van der Waals surface area contributed by atoms with Crippen LogP contribution in [0.2, 0.25) is 0 Å². The van der Waals surface area contributed by atoms with E-state index in [0.29, 0.717) is 19.7 Å². The maximum atomic E-state index is 5.66. The summed E-state index contributed by atoms with van der Waals surface area (Å²) in [6.07, 6.45) is 2.45. The predicted molar refractivity (Wildman–Crippen MR) is 137 cm³/mol. The summed E-state index contributed by atoms with van der Waals surface area (Å²) in [5.41, 5.74) is 1.19. The summed E-state index contributed by atoms with van der Waals surface area (Å²) >= 11 is 0. The second kappa shape index (κ2) is 13.6. The molecule has 1 aliphatic heterocycles. The Bertz CT molecular complexity index is 853. The maximum Gasteiger partial charge on any atom is 0.191 e. The first kappa shape index (κ1) is 26.3. The molecule has 2 heterocycles. The number of rotatable bonds is 10. The number of nitrogens with zero attached hydrogens (tertiary/aromatic N) is 5. The van der Waals surface area contributed by atoms with Gasteiger partial charge in [-0.1, -0.05) is 18.2 Å². The van der Waals surface area contributed by atoms with Gasteiger partial charge in [-0.2, -0.15) is 0 Å². The van der Waals surface area contributed by atoms with Crippen LogP contribution in [0.4, 0.5) is 0 Å². The van der Waals surface area contributed by atoms with Gasteiger partial charge in [0, 0.05) is 32.8 Å². The molecule has 1 atom stereocenters. The molecule has 0 amide bonds. The Balaban J connectivity index is 0.00000363. The third kappa shape index (κ3) is 7.04. The number of aliphatic imine (C=N–C) groups is 1. The van der Waals surface area contributed by atoms with Crippen molar-refractivity contribution in [3.63, 3.8) is 0 Å². The highest BCUT2D eigenvalue weighted by Crippen LogP contribution is 2.31. The predicted octanol–water partition coefficient (Wildman–Crippen LogP) is 2.27. The summed E-state index contributed by atoms with van der Waals surface area (Å²) in [6.45, 7) is 6.55. The number of aryl methyl sites for hydroxylation is 1. The number of hydrogen-bond donors (Lipinski definition) is 2. The summed E-state index contributed by atoms with van der Waals surface area (Å²) < 4.78 is 12.8. The van der Waals surface area contributed by atoms with Crippen molar-refractivity contribution in [3.05, 3.63) is 41.5 Å². The Kier molecular flexibility index (Phi) is 11.2. The first-order valence-corrected chi connectivity index (χ1v) is 10.9. The summed E-state index contributed by atoms with van der Waals surface area (Å²) in [6, 6.07) is 8.47. The molecule has 1 aliphatic rings. The van der Waals surface area contributed by atoms with Crippen LogP contribution in [0, 0.1) is 6.92 Å². The van der Waals surface area contributed by atoms with Gasteiger partial charge in [0.25, 0.3) is 0 Å². The number of hydrogen-bond acceptors (Lipinski definition) is 6. The SMILES string of the molecule is COCCNC(=NCc1nnc(C)n1C)NCC(c1ccccc1OC)N1CCCC1.I. The normalized spacial score (nSPS) is 15.3. The highest BCUT2D eigenvalue weighted by atomic mass is 127. The minimum atomic E-state index is 0. The number of guanidine groups is 1. The molecule has 0 spiro atoms. The van der Waals surface area contributed by atoms with E-state index in [1.54, 1.807) is 14.2 Å². The molecule has 1 fully saturated rings. The lowest BCUT2D eigenvalue weighted by Crippen LogP contribution is -2.43. The lowest BCUT2D eigenvalue weighted by Gasteiger charge is -2.30. The highest BCUT2D eigenvalue weighted by molar-refractivity contribution is 14.0. The molecule has 1 saturated heterocycles. The topological polar surface area (TPSA) is 88.8 Å². The lowest BCUT2D eigenvalue weighted by molar-refractivity contribution is 0.203. The Morgan fingerprint density at radius 2 is 1.91 bits per heavy atom. The molecule has 3 rings (SSSR count). The zero-order valence-electron chi connectivity index (χ0n) is 19.5. The lowest BCUT2D eigenvalue weighted by atomic mass is 10.0. The summed E-state index contributed by atoms with van der Waals surface area (Å²) in [5.74, 6) is 3.35. The summed E-state index contributed by atoms with van der Waals surface area (Å²) in [7, 11) is 5.38. The quantitative estimate of drug-likeness (QED) is 0.201. The van der Waals surface area contributed by atoms with Crippen molar-refractivity contribution in [2.75, 3.05) is 47.0 Å². The number of likely N-dealkylation sites (tertiary alicyclic amines) is 1. The number of ether oxygens (including phenoxy) is 2. The molecule has 32 heavy (non-hydrogen) atoms. The van der Waals surface area contributed by atoms with Crippen molar-refractivity contribution in [2.24, 2.45) is 12.0 Å². The largest absolute Gasteiger partial charge is 0.496 e. The smallest absolute Gasteiger partial charge is 0.191 e. The Morgan fingerprint density at radius 1 is 1.16 bits per heavy atom. The molecule has 10 heteroatoms. The fourth-order valence-electron chi connectivity index (χ4n) is 3.81. The molecule has 0 saturated carbocycles. The number of benzene rings is 1. The Labute approximate surface area is 208 Å². The molecule has 1 unspecified atom stereocenters. The zero-order valence-corrected chi connectivity index (χ0v) is 21.8. The Morgan fingerprint density at radius 3 is 2.56 bits per heavy atom. The van der Waals surface area contributed by atoms with Gasteiger partial charge in [-0.15, -0.1) is 34.2 Å². The molecule has 178 valence electrons. The van der Waals surface area contributed by atoms with Crippen molar-refractivity contribution in [3.8, 4) is 5.75 Å². The number of aromatic nitrogens is 3. The van der Waals surface area contributed by atoms with Crippen molar-refractivity contribution in [1.29, 1.82) is 0 Å². The van der Waals surface area contributed by atoms with E-state index < -0.39 is 0 Å². The number of nitrogens with one attached hydrogen (secondary N) is 2.